The molecule has 1 heterocycles. The van der Waals surface area contributed by atoms with E-state index in [0.29, 0.717) is 0 Å². The van der Waals surface area contributed by atoms with E-state index in [0.717, 1.165) is 12.3 Å². The first-order valence-electron chi connectivity index (χ1n) is 4.76. The van der Waals surface area contributed by atoms with Gasteiger partial charge in [-0.2, -0.15) is 0 Å². The fourth-order valence-electron chi connectivity index (χ4n) is 0.985. The van der Waals surface area contributed by atoms with Crippen LogP contribution >= 0.6 is 0 Å². The first-order chi connectivity index (χ1) is 8.09. The molecule has 0 saturated heterocycles. The summed E-state index contributed by atoms with van der Waals surface area (Å²) in [6.07, 6.45) is 1.05. The molecule has 0 aliphatic heterocycles. The van der Waals surface area contributed by atoms with Crippen LogP contribution in [0.15, 0.2) is 27.6 Å². The molecule has 0 aromatic carbocycles. The van der Waals surface area contributed by atoms with Crippen LogP contribution in [-0.4, -0.2) is 36.7 Å². The predicted octanol–water partition coefficient (Wildman–Crippen LogP) is -0.529. The summed E-state index contributed by atoms with van der Waals surface area (Å²) in [6.45, 7) is -0.143. The number of rotatable bonds is 6. The first kappa shape index (κ1) is 12.9. The molecule has 2 N–H and O–H groups in total. The second kappa shape index (κ2) is 6.44. The van der Waals surface area contributed by atoms with Gasteiger partial charge in [-0.1, -0.05) is 0 Å². The van der Waals surface area contributed by atoms with Gasteiger partial charge in [-0.3, -0.25) is 4.79 Å². The normalized spacial score (nSPS) is 9.88. The molecule has 0 bridgehead atoms. The zero-order chi connectivity index (χ0) is 12.7. The van der Waals surface area contributed by atoms with Crippen molar-refractivity contribution in [1.29, 1.82) is 0 Å². The molecule has 0 unspecified atom stereocenters. The molecule has 17 heavy (non-hydrogen) atoms. The molecular weight excluding hydrogens is 230 g/mol. The number of ether oxygens (including phenoxy) is 1. The van der Waals surface area contributed by atoms with Crippen molar-refractivity contribution in [2.75, 3.05) is 19.8 Å². The Morgan fingerprint density at radius 3 is 2.76 bits per heavy atom. The highest BCUT2D eigenvalue weighted by Crippen LogP contribution is 1.94. The van der Waals surface area contributed by atoms with Crippen molar-refractivity contribution in [3.63, 3.8) is 0 Å². The Kier molecular flexibility index (Phi) is 4.89. The van der Waals surface area contributed by atoms with Gasteiger partial charge >= 0.3 is 11.6 Å². The molecule has 7 nitrogen and oxygen atoms in total. The first-order valence-corrected chi connectivity index (χ1v) is 4.76. The molecule has 0 radical (unpaired) electrons. The molecule has 0 spiro atoms. The van der Waals surface area contributed by atoms with Gasteiger partial charge in [-0.15, -0.1) is 0 Å². The van der Waals surface area contributed by atoms with Crippen LogP contribution in [-0.2, 0) is 9.53 Å². The molecule has 1 aromatic rings. The van der Waals surface area contributed by atoms with Crippen molar-refractivity contribution in [2.24, 2.45) is 0 Å². The lowest BCUT2D eigenvalue weighted by Gasteiger charge is -2.04. The van der Waals surface area contributed by atoms with E-state index in [-0.39, 0.29) is 18.7 Å². The minimum Gasteiger partial charge on any atom is -0.480 e. The van der Waals surface area contributed by atoms with Gasteiger partial charge in [0.15, 0.2) is 0 Å². The topological polar surface area (TPSA) is 106 Å². The number of hydrogen-bond donors (Lipinski definition) is 2. The zero-order valence-corrected chi connectivity index (χ0v) is 8.84. The largest absolute Gasteiger partial charge is 0.480 e. The van der Waals surface area contributed by atoms with Gasteiger partial charge in [0.1, 0.15) is 12.9 Å². The molecule has 0 atom stereocenters. The molecule has 92 valence electrons. The second-order valence-corrected chi connectivity index (χ2v) is 3.05. The summed E-state index contributed by atoms with van der Waals surface area (Å²) in [5, 5.41) is 10.7. The molecule has 1 amide bonds. The molecule has 0 aliphatic rings. The van der Waals surface area contributed by atoms with E-state index in [1.165, 1.54) is 6.07 Å². The van der Waals surface area contributed by atoms with Crippen LogP contribution in [0.2, 0.25) is 0 Å². The van der Waals surface area contributed by atoms with E-state index in [1.54, 1.807) is 0 Å². The molecule has 0 fully saturated rings. The summed E-state index contributed by atoms with van der Waals surface area (Å²) in [4.78, 5) is 32.1. The van der Waals surface area contributed by atoms with Gasteiger partial charge in [0, 0.05) is 12.6 Å². The van der Waals surface area contributed by atoms with Crippen molar-refractivity contribution in [3.8, 4) is 0 Å². The lowest BCUT2D eigenvalue weighted by atomic mass is 10.3. The highest BCUT2D eigenvalue weighted by molar-refractivity contribution is 5.93. The van der Waals surface area contributed by atoms with Crippen LogP contribution in [0, 0.1) is 0 Å². The maximum absolute atomic E-state index is 11.4. The van der Waals surface area contributed by atoms with E-state index in [4.69, 9.17) is 9.84 Å². The summed E-state index contributed by atoms with van der Waals surface area (Å²) in [6, 6.07) is 2.47. The second-order valence-electron chi connectivity index (χ2n) is 3.05. The van der Waals surface area contributed by atoms with Crippen LogP contribution in [0.3, 0.4) is 0 Å². The number of carbonyl (C=O) groups is 2. The number of carbonyl (C=O) groups excluding carboxylic acids is 1. The van der Waals surface area contributed by atoms with Crippen molar-refractivity contribution >= 4 is 11.9 Å². The smallest absolute Gasteiger partial charge is 0.335 e. The number of aliphatic carboxylic acids is 1. The number of nitrogens with one attached hydrogen (secondary N) is 1. The van der Waals surface area contributed by atoms with Crippen molar-refractivity contribution in [1.82, 2.24) is 5.32 Å². The van der Waals surface area contributed by atoms with E-state index >= 15 is 0 Å². The number of carboxylic acids is 1. The average Bonchev–Trinajstić information content (AvgIpc) is 2.29. The molecule has 1 rings (SSSR count). The predicted molar refractivity (Wildman–Crippen MR) is 55.8 cm³/mol. The maximum Gasteiger partial charge on any atom is 0.335 e. The average molecular weight is 241 g/mol. The van der Waals surface area contributed by atoms with E-state index in [9.17, 15) is 14.4 Å². The van der Waals surface area contributed by atoms with Gasteiger partial charge < -0.3 is 19.6 Å². The lowest BCUT2D eigenvalue weighted by molar-refractivity contribution is -0.142. The van der Waals surface area contributed by atoms with Gasteiger partial charge in [0.05, 0.1) is 12.2 Å². The standard InChI is InChI=1S/C10H11NO6/c12-8(13)6-16-4-3-11-10(15)7-1-2-9(14)17-5-7/h1-2,5H,3-4,6H2,(H,11,15)(H,12,13). The van der Waals surface area contributed by atoms with Crippen LogP contribution < -0.4 is 10.9 Å². The fourth-order valence-corrected chi connectivity index (χ4v) is 0.985. The van der Waals surface area contributed by atoms with Crippen molar-refractivity contribution in [3.05, 3.63) is 34.4 Å². The number of carboxylic acid groups (broad SMARTS) is 1. The third kappa shape index (κ3) is 4.94. The fraction of sp³-hybridized carbons (Fsp3) is 0.300. The minimum atomic E-state index is -1.07. The maximum atomic E-state index is 11.4. The summed E-state index contributed by atoms with van der Waals surface area (Å²) < 4.78 is 9.23. The Balaban J connectivity index is 2.28. The van der Waals surface area contributed by atoms with Crippen LogP contribution in [0.25, 0.3) is 0 Å². The Bertz CT molecular complexity index is 432. The molecule has 7 heteroatoms. The third-order valence-corrected chi connectivity index (χ3v) is 1.72. The Hall–Kier alpha value is -2.15. The third-order valence-electron chi connectivity index (χ3n) is 1.72. The quantitative estimate of drug-likeness (QED) is 0.648. The van der Waals surface area contributed by atoms with E-state index in [1.807, 2.05) is 0 Å². The highest BCUT2D eigenvalue weighted by Gasteiger charge is 2.05. The number of amides is 1. The molecular formula is C10H11NO6. The summed E-state index contributed by atoms with van der Waals surface area (Å²) in [7, 11) is 0. The zero-order valence-electron chi connectivity index (χ0n) is 8.84. The molecule has 0 saturated carbocycles. The summed E-state index contributed by atoms with van der Waals surface area (Å²) >= 11 is 0. The SMILES string of the molecule is O=C(O)COCCNC(=O)c1ccc(=O)oc1. The number of hydrogen-bond acceptors (Lipinski definition) is 5. The summed E-state index contributed by atoms with van der Waals surface area (Å²) in [5.41, 5.74) is -0.325. The van der Waals surface area contributed by atoms with E-state index in [2.05, 4.69) is 9.73 Å². The monoisotopic (exact) mass is 241 g/mol. The van der Waals surface area contributed by atoms with Crippen LogP contribution in [0.4, 0.5) is 0 Å². The van der Waals surface area contributed by atoms with Crippen molar-refractivity contribution < 1.29 is 23.8 Å². The molecule has 1 aromatic heterocycles. The highest BCUT2D eigenvalue weighted by atomic mass is 16.5. The lowest BCUT2D eigenvalue weighted by Crippen LogP contribution is -2.28. The van der Waals surface area contributed by atoms with Gasteiger partial charge in [-0.05, 0) is 6.07 Å². The summed E-state index contributed by atoms with van der Waals surface area (Å²) in [5.74, 6) is -1.49. The Labute approximate surface area is 96.0 Å². The van der Waals surface area contributed by atoms with E-state index < -0.39 is 24.1 Å². The van der Waals surface area contributed by atoms with Crippen molar-refractivity contribution in [2.45, 2.75) is 0 Å². The molecule has 0 aliphatic carbocycles. The van der Waals surface area contributed by atoms with Gasteiger partial charge in [-0.25, -0.2) is 9.59 Å². The van der Waals surface area contributed by atoms with Gasteiger partial charge in [0.25, 0.3) is 5.91 Å². The minimum absolute atomic E-state index is 0.0921. The van der Waals surface area contributed by atoms with Gasteiger partial charge in [0.2, 0.25) is 0 Å². The Morgan fingerprint density at radius 1 is 1.41 bits per heavy atom. The van der Waals surface area contributed by atoms with Crippen LogP contribution in [0.1, 0.15) is 10.4 Å². The van der Waals surface area contributed by atoms with Crippen LogP contribution in [0.5, 0.6) is 0 Å². The Morgan fingerprint density at radius 2 is 2.18 bits per heavy atom.